The summed E-state index contributed by atoms with van der Waals surface area (Å²) < 4.78 is 28.0. The van der Waals surface area contributed by atoms with Crippen molar-refractivity contribution in [2.24, 2.45) is 5.92 Å². The number of methoxy groups -OCH3 is 1. The molecule has 20 heteroatoms. The van der Waals surface area contributed by atoms with Gasteiger partial charge in [0, 0.05) is 16.3 Å². The summed E-state index contributed by atoms with van der Waals surface area (Å²) in [7, 11) is 1.20. The lowest BCUT2D eigenvalue weighted by Crippen LogP contribution is -2.54. The number of carbonyl (C=O) groups is 5. The molecule has 0 saturated carbocycles. The van der Waals surface area contributed by atoms with Gasteiger partial charge in [-0.05, 0) is 54.4 Å². The van der Waals surface area contributed by atoms with Crippen LogP contribution in [0, 0.1) is 5.92 Å². The second-order valence-electron chi connectivity index (χ2n) is 16.1. The van der Waals surface area contributed by atoms with E-state index in [0.29, 0.717) is 33.4 Å². The van der Waals surface area contributed by atoms with Crippen LogP contribution in [-0.2, 0) is 23.8 Å². The molecule has 1 fully saturated rings. The summed E-state index contributed by atoms with van der Waals surface area (Å²) in [5.41, 5.74) is -0.115. The number of amides is 4. The van der Waals surface area contributed by atoms with Crippen LogP contribution in [-0.4, -0.2) is 91.7 Å². The van der Waals surface area contributed by atoms with E-state index in [9.17, 15) is 24.0 Å². The van der Waals surface area contributed by atoms with Crippen molar-refractivity contribution in [1.82, 2.24) is 40.8 Å². The highest BCUT2D eigenvalue weighted by Crippen LogP contribution is 2.41. The number of nitrogens with zero attached hydrogens (tertiary/aromatic N) is 5. The number of benzene rings is 1. The summed E-state index contributed by atoms with van der Waals surface area (Å²) in [6, 6.07) is 6.32. The average molecular weight is 903 g/mol. The summed E-state index contributed by atoms with van der Waals surface area (Å²) >= 11 is 2.68. The third-order valence-corrected chi connectivity index (χ3v) is 11.7. The third-order valence-electron chi connectivity index (χ3n) is 9.91. The van der Waals surface area contributed by atoms with Crippen LogP contribution in [0.4, 0.5) is 4.79 Å². The summed E-state index contributed by atoms with van der Waals surface area (Å²) in [6.07, 6.45) is 2.63. The Hall–Kier alpha value is -6.25. The molecule has 1 aliphatic heterocycles. The second kappa shape index (κ2) is 19.0. The minimum Gasteiger partial charge on any atom is -0.464 e. The van der Waals surface area contributed by atoms with E-state index in [0.717, 1.165) is 6.26 Å². The van der Waals surface area contributed by atoms with E-state index < -0.39 is 59.2 Å². The molecule has 3 N–H and O–H groups in total. The molecule has 5 aromatic rings. The van der Waals surface area contributed by atoms with Gasteiger partial charge in [0.25, 0.3) is 5.91 Å². The second-order valence-corrected chi connectivity index (χ2v) is 17.8. The van der Waals surface area contributed by atoms with Crippen LogP contribution in [0.2, 0.25) is 0 Å². The summed E-state index contributed by atoms with van der Waals surface area (Å²) in [4.78, 5) is 86.2. The lowest BCUT2D eigenvalue weighted by atomic mass is 9.97. The number of hydrogen-bond donors (Lipinski definition) is 3. The predicted molar refractivity (Wildman–Crippen MR) is 233 cm³/mol. The molecule has 0 aliphatic carbocycles. The Morgan fingerprint density at radius 2 is 1.70 bits per heavy atom. The van der Waals surface area contributed by atoms with E-state index in [1.54, 1.807) is 48.4 Å². The maximum Gasteiger partial charge on any atom is 0.413 e. The fraction of sp³-hybridized carbons (Fsp3) is 0.419. The lowest BCUT2D eigenvalue weighted by molar-refractivity contribution is -0.129. The van der Waals surface area contributed by atoms with Gasteiger partial charge >= 0.3 is 12.1 Å². The van der Waals surface area contributed by atoms with Gasteiger partial charge in [-0.15, -0.1) is 22.7 Å². The summed E-state index contributed by atoms with van der Waals surface area (Å²) in [5.74, 6) is -2.77. The number of oxazole rings is 2. The van der Waals surface area contributed by atoms with Crippen LogP contribution >= 0.6 is 22.7 Å². The minimum atomic E-state index is -1.08. The van der Waals surface area contributed by atoms with Gasteiger partial charge in [-0.1, -0.05) is 56.7 Å². The number of aromatic nitrogens is 4. The van der Waals surface area contributed by atoms with Crippen molar-refractivity contribution in [3.05, 3.63) is 75.7 Å². The maximum absolute atomic E-state index is 14.2. The van der Waals surface area contributed by atoms with Gasteiger partial charge in [-0.3, -0.25) is 19.3 Å². The monoisotopic (exact) mass is 902 g/mol. The number of carbonyl (C=O) groups excluding carboxylic acids is 5. The Kier molecular flexibility index (Phi) is 14.0. The topological polar surface area (TPSA) is 230 Å². The number of allylic oxidation sites excluding steroid dienone is 1. The summed E-state index contributed by atoms with van der Waals surface area (Å²) in [5, 5.41) is 13.0. The minimum absolute atomic E-state index is 0.0332. The number of hydrogen-bond acceptors (Lipinski definition) is 16. The molecule has 5 heterocycles. The van der Waals surface area contributed by atoms with Crippen molar-refractivity contribution >= 4 is 58.2 Å². The van der Waals surface area contributed by atoms with E-state index in [4.69, 9.17) is 28.3 Å². The van der Waals surface area contributed by atoms with Crippen LogP contribution in [0.15, 0.2) is 62.3 Å². The highest BCUT2D eigenvalue weighted by Gasteiger charge is 2.47. The molecule has 4 aromatic heterocycles. The molecule has 1 aliphatic rings. The zero-order valence-electron chi connectivity index (χ0n) is 36.6. The number of nitrogens with one attached hydrogen (secondary N) is 3. The lowest BCUT2D eigenvalue weighted by Gasteiger charge is -2.34. The highest BCUT2D eigenvalue weighted by atomic mass is 32.1. The number of ether oxygens (including phenoxy) is 3. The highest BCUT2D eigenvalue weighted by molar-refractivity contribution is 7.14. The van der Waals surface area contributed by atoms with Crippen LogP contribution < -0.4 is 16.0 Å². The molecule has 18 nitrogen and oxygen atoms in total. The smallest absolute Gasteiger partial charge is 0.413 e. The van der Waals surface area contributed by atoms with Crippen molar-refractivity contribution < 1.29 is 47.0 Å². The van der Waals surface area contributed by atoms with E-state index in [1.165, 1.54) is 42.8 Å². The Labute approximate surface area is 371 Å². The Morgan fingerprint density at radius 1 is 0.984 bits per heavy atom. The van der Waals surface area contributed by atoms with Gasteiger partial charge in [-0.25, -0.2) is 29.5 Å². The largest absolute Gasteiger partial charge is 0.464 e. The maximum atomic E-state index is 14.2. The first-order valence-electron chi connectivity index (χ1n) is 20.1. The molecular formula is C43H50N8O10S2. The third kappa shape index (κ3) is 10.5. The fourth-order valence-corrected chi connectivity index (χ4v) is 8.11. The van der Waals surface area contributed by atoms with Crippen molar-refractivity contribution in [2.45, 2.75) is 98.2 Å². The first kappa shape index (κ1) is 46.3. The molecule has 0 radical (unpaired) electrons. The molecule has 6 rings (SSSR count). The van der Waals surface area contributed by atoms with E-state index >= 15 is 0 Å². The predicted octanol–water partition coefficient (Wildman–Crippen LogP) is 7.23. The molecule has 1 saturated heterocycles. The molecule has 1 aromatic carbocycles. The van der Waals surface area contributed by atoms with Crippen LogP contribution in [0.25, 0.3) is 39.3 Å². The molecule has 334 valence electrons. The molecule has 0 unspecified atom stereocenters. The van der Waals surface area contributed by atoms with Crippen molar-refractivity contribution in [1.29, 1.82) is 0 Å². The SMILES string of the molecule is C/C=C(\NC(=O)[C@H](C)NC(=O)[C@H](NC(=O)c1nc(-c2csc(-c3csc([C@@H]4COC(C)(C)N4C(=O)OC(C)(C)C)n3)n2)oc1-c1ccccc1)[C@@H](C)CC)c1nc(C(=O)OC)co1. The molecule has 4 amide bonds. The number of esters is 1. The normalized spacial score (nSPS) is 16.5. The van der Waals surface area contributed by atoms with Gasteiger partial charge < -0.3 is 39.0 Å². The standard InChI is InChI=1S/C43H50N8O10S2/c1-11-22(3)30(34(53)44-23(4)33(52)45-25(12-2)36-46-26(18-58-36)40(55)57-10)49-35(54)31-32(24-16-14-13-15-17-24)60-37(50-31)27-20-62-38(47-27)28-21-63-39(48-28)29-19-59-43(8,9)51(29)41(56)61-42(5,6)7/h12-18,20-23,29-30H,11,19H2,1-10H3,(H,44,53)(H,45,52)(H,49,54)/b25-12-/t22-,23-,29-,30+/m0/s1. The van der Waals surface area contributed by atoms with Crippen LogP contribution in [0.3, 0.4) is 0 Å². The van der Waals surface area contributed by atoms with Gasteiger partial charge in [0.05, 0.1) is 19.4 Å². The molecule has 63 heavy (non-hydrogen) atoms. The number of rotatable bonds is 14. The van der Waals surface area contributed by atoms with Gasteiger partial charge in [0.2, 0.25) is 23.6 Å². The van der Waals surface area contributed by atoms with Crippen molar-refractivity contribution in [2.75, 3.05) is 13.7 Å². The van der Waals surface area contributed by atoms with Crippen LogP contribution in [0.1, 0.15) is 107 Å². The van der Waals surface area contributed by atoms with Crippen molar-refractivity contribution in [3.8, 4) is 33.6 Å². The van der Waals surface area contributed by atoms with Gasteiger partial charge in [0.1, 0.15) is 57.1 Å². The van der Waals surface area contributed by atoms with Gasteiger partial charge in [-0.2, -0.15) is 0 Å². The van der Waals surface area contributed by atoms with E-state index in [1.807, 2.05) is 53.0 Å². The first-order valence-corrected chi connectivity index (χ1v) is 21.9. The Morgan fingerprint density at radius 3 is 2.37 bits per heavy atom. The molecule has 4 atom stereocenters. The van der Waals surface area contributed by atoms with E-state index in [2.05, 4.69) is 30.7 Å². The molecule has 0 spiro atoms. The quantitative estimate of drug-likeness (QED) is 0.0934. The first-order chi connectivity index (χ1) is 29.8. The summed E-state index contributed by atoms with van der Waals surface area (Å²) in [6.45, 7) is 16.1. The average Bonchev–Trinajstić information content (AvgIpc) is 4.10. The van der Waals surface area contributed by atoms with E-state index in [-0.39, 0.29) is 47.2 Å². The molecule has 0 bridgehead atoms. The Bertz CT molecular complexity index is 2500. The van der Waals surface area contributed by atoms with Crippen molar-refractivity contribution in [3.63, 3.8) is 0 Å². The Balaban J connectivity index is 1.20. The molecular weight excluding hydrogens is 853 g/mol. The number of thiazole rings is 2. The zero-order chi connectivity index (χ0) is 45.8. The van der Waals surface area contributed by atoms with Gasteiger partial charge in [0.15, 0.2) is 17.1 Å². The fourth-order valence-electron chi connectivity index (χ4n) is 6.41. The van der Waals surface area contributed by atoms with Crippen LogP contribution in [0.5, 0.6) is 0 Å². The zero-order valence-corrected chi connectivity index (χ0v) is 38.2.